The SMILES string of the molecule is CC(C)(C)c1ccc(N(c2ccccc2)c2cc3c4c(c2)N(c2ccc(C(C)(C)C)cc2-c2ccccc2)c2ccc(C(C)(C)c5ccc([Si](C)(C)C)cc5)cc2B4c2cc(C(C)(C)C)ccc2N3c2ccc(C(C)(C)C)cc2)cc1. The molecule has 0 spiro atoms. The Morgan fingerprint density at radius 2 is 0.765 bits per heavy atom. The predicted molar refractivity (Wildman–Crippen MR) is 357 cm³/mol. The lowest BCUT2D eigenvalue weighted by Gasteiger charge is -2.46. The summed E-state index contributed by atoms with van der Waals surface area (Å²) in [5.74, 6) is 0. The van der Waals surface area contributed by atoms with Gasteiger partial charge in [0, 0.05) is 50.8 Å². The molecule has 0 radical (unpaired) electrons. The van der Waals surface area contributed by atoms with Crippen molar-refractivity contribution in [2.24, 2.45) is 0 Å². The molecule has 0 saturated carbocycles. The van der Waals surface area contributed by atoms with Gasteiger partial charge in [0.2, 0.25) is 0 Å². The molecule has 2 aliphatic rings. The van der Waals surface area contributed by atoms with E-state index in [2.05, 4.69) is 331 Å². The highest BCUT2D eigenvalue weighted by atomic mass is 28.3. The normalized spacial score (nSPS) is 13.7. The van der Waals surface area contributed by atoms with Crippen LogP contribution in [0.1, 0.15) is 130 Å². The molecule has 0 unspecified atom stereocenters. The maximum atomic E-state index is 2.65. The fourth-order valence-electron chi connectivity index (χ4n) is 12.4. The Kier molecular flexibility index (Phi) is 13.7. The summed E-state index contributed by atoms with van der Waals surface area (Å²) >= 11 is 0. The Labute approximate surface area is 487 Å². The van der Waals surface area contributed by atoms with E-state index in [0.29, 0.717) is 0 Å². The third-order valence-electron chi connectivity index (χ3n) is 17.6. The van der Waals surface area contributed by atoms with E-state index in [-0.39, 0.29) is 33.8 Å². The molecule has 9 aromatic rings. The van der Waals surface area contributed by atoms with Crippen LogP contribution in [0.25, 0.3) is 11.1 Å². The van der Waals surface area contributed by atoms with Crippen molar-refractivity contribution in [2.75, 3.05) is 14.7 Å². The van der Waals surface area contributed by atoms with Crippen molar-refractivity contribution < 1.29 is 0 Å². The Bertz CT molecular complexity index is 3790. The molecule has 81 heavy (non-hydrogen) atoms. The second-order valence-electron chi connectivity index (χ2n) is 28.9. The van der Waals surface area contributed by atoms with Gasteiger partial charge in [0.15, 0.2) is 0 Å². The second kappa shape index (κ2) is 20.0. The lowest BCUT2D eigenvalue weighted by molar-refractivity contribution is 0.590. The van der Waals surface area contributed by atoms with Crippen molar-refractivity contribution in [1.29, 1.82) is 0 Å². The smallest absolute Gasteiger partial charge is 0.252 e. The molecule has 0 amide bonds. The lowest BCUT2D eigenvalue weighted by atomic mass is 9.33. The van der Waals surface area contributed by atoms with Crippen LogP contribution in [0.15, 0.2) is 200 Å². The molecule has 0 atom stereocenters. The first-order valence-corrected chi connectivity index (χ1v) is 33.0. The topological polar surface area (TPSA) is 9.72 Å². The van der Waals surface area contributed by atoms with Crippen molar-refractivity contribution in [3.05, 3.63) is 234 Å². The molecule has 0 N–H and O–H groups in total. The number of para-hydroxylation sites is 1. The van der Waals surface area contributed by atoms with Crippen molar-refractivity contribution in [1.82, 2.24) is 0 Å². The predicted octanol–water partition coefficient (Wildman–Crippen LogP) is 19.0. The van der Waals surface area contributed by atoms with Crippen LogP contribution in [0.5, 0.6) is 0 Å². The lowest BCUT2D eigenvalue weighted by Crippen LogP contribution is -2.61. The maximum Gasteiger partial charge on any atom is 0.252 e. The zero-order valence-electron chi connectivity index (χ0n) is 51.5. The van der Waals surface area contributed by atoms with Crippen LogP contribution in [0.4, 0.5) is 51.2 Å². The summed E-state index contributed by atoms with van der Waals surface area (Å²) in [6.07, 6.45) is 0. The van der Waals surface area contributed by atoms with Gasteiger partial charge in [-0.05, 0) is 150 Å². The zero-order valence-corrected chi connectivity index (χ0v) is 52.5. The van der Waals surface area contributed by atoms with Crippen molar-refractivity contribution >= 4 is 87.5 Å². The molecule has 9 aromatic carbocycles. The highest BCUT2D eigenvalue weighted by Crippen LogP contribution is 2.51. The Morgan fingerprint density at radius 1 is 0.346 bits per heavy atom. The number of rotatable bonds is 9. The minimum absolute atomic E-state index is 0.00461. The second-order valence-corrected chi connectivity index (χ2v) is 33.9. The summed E-state index contributed by atoms with van der Waals surface area (Å²) in [4.78, 5) is 7.72. The standard InChI is InChI=1S/C76H84BN3Si/c1-72(2,3)52-28-37-59(38-29-52)78(58-26-22-19-23-27-58)61-49-69-71-70(50-61)80(66-43-34-55(74(7,8)9)46-63(66)51-24-20-18-21-25-51)68-45-36-57(76(13,14)54-32-41-62(42-33-54)81(15,16)17)48-65(68)77(71)64-47-56(75(10,11)12)35-44-67(64)79(69)60-39-30-53(31-40-60)73(4,5)6/h18-50H,1-17H3. The number of benzene rings is 9. The summed E-state index contributed by atoms with van der Waals surface area (Å²) in [7, 11) is -1.51. The minimum atomic E-state index is -1.51. The van der Waals surface area contributed by atoms with Crippen LogP contribution in [-0.4, -0.2) is 14.8 Å². The highest BCUT2D eigenvalue weighted by molar-refractivity contribution is 7.00. The average molecular weight is 1080 g/mol. The molecule has 2 aliphatic heterocycles. The van der Waals surface area contributed by atoms with E-state index in [0.717, 1.165) is 28.4 Å². The Morgan fingerprint density at radius 3 is 1.30 bits per heavy atom. The van der Waals surface area contributed by atoms with Gasteiger partial charge in [0.25, 0.3) is 6.71 Å². The summed E-state index contributed by atoms with van der Waals surface area (Å²) < 4.78 is 0. The first-order chi connectivity index (χ1) is 38.1. The van der Waals surface area contributed by atoms with Crippen LogP contribution >= 0.6 is 0 Å². The van der Waals surface area contributed by atoms with Crippen LogP contribution < -0.4 is 36.3 Å². The average Bonchev–Trinajstić information content (AvgIpc) is 1.40. The largest absolute Gasteiger partial charge is 0.311 e. The summed E-state index contributed by atoms with van der Waals surface area (Å²) in [5, 5.41) is 1.48. The van der Waals surface area contributed by atoms with E-state index in [4.69, 9.17) is 0 Å². The summed E-state index contributed by atoms with van der Waals surface area (Å²) in [6, 6.07) is 77.6. The van der Waals surface area contributed by atoms with Gasteiger partial charge in [-0.2, -0.15) is 0 Å². The third-order valence-corrected chi connectivity index (χ3v) is 19.6. The van der Waals surface area contributed by atoms with Gasteiger partial charge in [-0.25, -0.2) is 0 Å². The molecule has 410 valence electrons. The van der Waals surface area contributed by atoms with Gasteiger partial charge in [-0.1, -0.05) is 249 Å². The minimum Gasteiger partial charge on any atom is -0.311 e. The van der Waals surface area contributed by atoms with Crippen molar-refractivity contribution in [3.63, 3.8) is 0 Å². The summed E-state index contributed by atoms with van der Waals surface area (Å²) in [5.41, 5.74) is 24.1. The molecule has 0 fully saturated rings. The number of hydrogen-bond acceptors (Lipinski definition) is 3. The maximum absolute atomic E-state index is 2.65. The van der Waals surface area contributed by atoms with E-state index in [1.165, 1.54) is 88.8 Å². The fourth-order valence-corrected chi connectivity index (χ4v) is 13.5. The zero-order chi connectivity index (χ0) is 57.8. The number of fused-ring (bicyclic) bond motifs is 4. The van der Waals surface area contributed by atoms with Gasteiger partial charge in [0.1, 0.15) is 0 Å². The van der Waals surface area contributed by atoms with E-state index in [9.17, 15) is 0 Å². The van der Waals surface area contributed by atoms with Crippen LogP contribution in [0, 0.1) is 0 Å². The first kappa shape index (κ1) is 55.6. The van der Waals surface area contributed by atoms with Crippen LogP contribution in [0.3, 0.4) is 0 Å². The molecule has 3 nitrogen and oxygen atoms in total. The monoisotopic (exact) mass is 1080 g/mol. The third kappa shape index (κ3) is 10.3. The molecular formula is C76H84BN3Si. The summed E-state index contributed by atoms with van der Waals surface area (Å²) in [6.45, 7) is 39.9. The van der Waals surface area contributed by atoms with E-state index in [1.54, 1.807) is 0 Å². The Hall–Kier alpha value is -7.34. The first-order valence-electron chi connectivity index (χ1n) is 29.5. The molecule has 2 heterocycles. The van der Waals surface area contributed by atoms with Gasteiger partial charge >= 0.3 is 0 Å². The van der Waals surface area contributed by atoms with Crippen molar-refractivity contribution in [3.8, 4) is 11.1 Å². The molecule has 0 aromatic heterocycles. The van der Waals surface area contributed by atoms with Gasteiger partial charge in [-0.3, -0.25) is 0 Å². The molecule has 0 bridgehead atoms. The number of hydrogen-bond donors (Lipinski definition) is 0. The van der Waals surface area contributed by atoms with E-state index < -0.39 is 8.07 Å². The molecule has 11 rings (SSSR count). The number of nitrogens with zero attached hydrogens (tertiary/aromatic N) is 3. The van der Waals surface area contributed by atoms with Crippen LogP contribution in [-0.2, 0) is 27.1 Å². The van der Waals surface area contributed by atoms with Gasteiger partial charge < -0.3 is 14.7 Å². The number of anilines is 9. The molecule has 0 aliphatic carbocycles. The molecule has 5 heteroatoms. The Balaban J connectivity index is 1.29. The quantitative estimate of drug-likeness (QED) is 0.133. The molecular weight excluding hydrogens is 994 g/mol. The van der Waals surface area contributed by atoms with Gasteiger partial charge in [-0.15, -0.1) is 0 Å². The van der Waals surface area contributed by atoms with E-state index >= 15 is 0 Å². The van der Waals surface area contributed by atoms with E-state index in [1.807, 2.05) is 0 Å². The van der Waals surface area contributed by atoms with Crippen molar-refractivity contribution in [2.45, 2.75) is 144 Å². The highest BCUT2D eigenvalue weighted by Gasteiger charge is 2.46. The van der Waals surface area contributed by atoms with Gasteiger partial charge in [0.05, 0.1) is 19.4 Å². The van der Waals surface area contributed by atoms with Crippen LogP contribution in [0.2, 0.25) is 19.6 Å². The fraction of sp³-hybridized carbons (Fsp3) is 0.289. The molecule has 0 saturated heterocycles.